The molecular weight excluding hydrogens is 937 g/mol. The molecule has 0 bridgehead atoms. The van der Waals surface area contributed by atoms with Crippen LogP contribution in [0.25, 0.3) is 0 Å². The number of carbonyl (C=O) groups is 3. The van der Waals surface area contributed by atoms with Gasteiger partial charge in [0.2, 0.25) is 0 Å². The minimum Gasteiger partial charge on any atom is -0.462 e. The summed E-state index contributed by atoms with van der Waals surface area (Å²) in [6.45, 7) is 6.51. The molecule has 0 radical (unpaired) electrons. The molecule has 0 spiro atoms. The van der Waals surface area contributed by atoms with E-state index in [1.807, 2.05) is 0 Å². The van der Waals surface area contributed by atoms with E-state index in [-0.39, 0.29) is 31.1 Å². The average molecular weight is 1060 g/mol. The van der Waals surface area contributed by atoms with Crippen molar-refractivity contribution in [1.82, 2.24) is 0 Å². The van der Waals surface area contributed by atoms with E-state index in [4.69, 9.17) is 14.2 Å². The maximum atomic E-state index is 12.8. The van der Waals surface area contributed by atoms with Crippen LogP contribution in [-0.2, 0) is 28.6 Å². The Kier molecular flexibility index (Phi) is 61.7. The average Bonchev–Trinajstić information content (AvgIpc) is 3.42. The van der Waals surface area contributed by atoms with E-state index in [2.05, 4.69) is 93.7 Å². The third-order valence-electron chi connectivity index (χ3n) is 14.5. The Balaban J connectivity index is 4.00. The number of rotatable bonds is 60. The Morgan fingerprint density at radius 1 is 0.276 bits per heavy atom. The standard InChI is InChI=1S/C70H124O6/c1-4-7-10-13-16-18-20-22-24-26-28-29-30-31-32-33-34-35-36-37-38-39-40-41-43-44-46-48-50-52-54-57-60-63-69(72)75-66-67(65-74-68(71)62-59-56-15-12-9-6-3)76-70(73)64-61-58-55-53-51-49-47-45-42-27-25-23-21-19-17-14-11-8-5-2/h7,10,16,18,22,24,28-29,31-32,34-35,67H,4-6,8-9,11-15,17,19-21,23,25-27,30,33,36-66H2,1-3H3/b10-7-,18-16-,24-22-,29-28-,32-31-,35-34-. The summed E-state index contributed by atoms with van der Waals surface area (Å²) in [6, 6.07) is 0. The third kappa shape index (κ3) is 61.7. The molecule has 0 amide bonds. The summed E-state index contributed by atoms with van der Waals surface area (Å²) >= 11 is 0. The fourth-order valence-electron chi connectivity index (χ4n) is 9.57. The molecule has 0 saturated heterocycles. The lowest BCUT2D eigenvalue weighted by Crippen LogP contribution is -2.30. The largest absolute Gasteiger partial charge is 0.462 e. The van der Waals surface area contributed by atoms with E-state index in [1.54, 1.807) is 0 Å². The van der Waals surface area contributed by atoms with E-state index in [1.165, 1.54) is 199 Å². The van der Waals surface area contributed by atoms with Crippen molar-refractivity contribution in [2.45, 2.75) is 341 Å². The highest BCUT2D eigenvalue weighted by Crippen LogP contribution is 2.17. The van der Waals surface area contributed by atoms with E-state index >= 15 is 0 Å². The van der Waals surface area contributed by atoms with E-state index < -0.39 is 6.10 Å². The minimum absolute atomic E-state index is 0.0702. The molecule has 0 fully saturated rings. The first-order valence-corrected chi connectivity index (χ1v) is 32.9. The number of hydrogen-bond donors (Lipinski definition) is 0. The van der Waals surface area contributed by atoms with Crippen LogP contribution in [0.3, 0.4) is 0 Å². The Morgan fingerprint density at radius 2 is 0.513 bits per heavy atom. The predicted molar refractivity (Wildman–Crippen MR) is 330 cm³/mol. The van der Waals surface area contributed by atoms with E-state index in [0.717, 1.165) is 96.3 Å². The Bertz CT molecular complexity index is 1400. The van der Waals surface area contributed by atoms with Crippen LogP contribution in [0.15, 0.2) is 72.9 Å². The molecule has 1 unspecified atom stereocenters. The second-order valence-electron chi connectivity index (χ2n) is 22.0. The van der Waals surface area contributed by atoms with Crippen molar-refractivity contribution in [3.05, 3.63) is 72.9 Å². The van der Waals surface area contributed by atoms with Crippen LogP contribution in [-0.4, -0.2) is 37.2 Å². The molecular formula is C70H124O6. The van der Waals surface area contributed by atoms with Crippen LogP contribution >= 0.6 is 0 Å². The number of ether oxygens (including phenoxy) is 3. The number of allylic oxidation sites excluding steroid dienone is 12. The van der Waals surface area contributed by atoms with E-state index in [9.17, 15) is 14.4 Å². The van der Waals surface area contributed by atoms with Crippen LogP contribution in [0, 0.1) is 0 Å². The molecule has 0 aromatic rings. The highest BCUT2D eigenvalue weighted by atomic mass is 16.6. The summed E-state index contributed by atoms with van der Waals surface area (Å²) in [4.78, 5) is 38.0. The predicted octanol–water partition coefficient (Wildman–Crippen LogP) is 22.5. The van der Waals surface area contributed by atoms with Crippen molar-refractivity contribution in [1.29, 1.82) is 0 Å². The summed E-state index contributed by atoms with van der Waals surface area (Å²) in [5.74, 6) is -0.862. The van der Waals surface area contributed by atoms with Crippen molar-refractivity contribution < 1.29 is 28.6 Å². The lowest BCUT2D eigenvalue weighted by Gasteiger charge is -2.18. The maximum absolute atomic E-state index is 12.8. The van der Waals surface area contributed by atoms with E-state index in [0.29, 0.717) is 19.3 Å². The zero-order chi connectivity index (χ0) is 55.0. The molecule has 0 heterocycles. The van der Waals surface area contributed by atoms with Gasteiger partial charge in [0.25, 0.3) is 0 Å². The fourth-order valence-corrected chi connectivity index (χ4v) is 9.57. The van der Waals surface area contributed by atoms with Gasteiger partial charge in [0, 0.05) is 19.3 Å². The van der Waals surface area contributed by atoms with Gasteiger partial charge in [-0.15, -0.1) is 0 Å². The smallest absolute Gasteiger partial charge is 0.306 e. The number of hydrogen-bond acceptors (Lipinski definition) is 6. The second kappa shape index (κ2) is 64.4. The Hall–Kier alpha value is -3.15. The molecule has 440 valence electrons. The van der Waals surface area contributed by atoms with Crippen LogP contribution in [0.1, 0.15) is 335 Å². The van der Waals surface area contributed by atoms with Crippen LogP contribution in [0.2, 0.25) is 0 Å². The monoisotopic (exact) mass is 1060 g/mol. The fraction of sp³-hybridized carbons (Fsp3) is 0.786. The normalized spacial score (nSPS) is 12.5. The molecule has 0 rings (SSSR count). The number of carbonyl (C=O) groups excluding carboxylic acids is 3. The van der Waals surface area contributed by atoms with Gasteiger partial charge in [0.15, 0.2) is 6.10 Å². The van der Waals surface area contributed by atoms with Gasteiger partial charge in [-0.2, -0.15) is 0 Å². The first-order chi connectivity index (χ1) is 37.5. The lowest BCUT2D eigenvalue weighted by atomic mass is 10.0. The van der Waals surface area contributed by atoms with Gasteiger partial charge in [-0.1, -0.05) is 318 Å². The maximum Gasteiger partial charge on any atom is 0.306 e. The number of unbranched alkanes of at least 4 members (excludes halogenated alkanes) is 37. The molecule has 0 aliphatic heterocycles. The van der Waals surface area contributed by atoms with Gasteiger partial charge < -0.3 is 14.2 Å². The molecule has 0 saturated carbocycles. The van der Waals surface area contributed by atoms with Gasteiger partial charge in [-0.05, 0) is 70.6 Å². The summed E-state index contributed by atoms with van der Waals surface area (Å²) in [5.41, 5.74) is 0. The second-order valence-corrected chi connectivity index (χ2v) is 22.0. The van der Waals surface area contributed by atoms with Gasteiger partial charge in [-0.25, -0.2) is 0 Å². The SMILES string of the molecule is CC/C=C\C/C=C\C/C=C\C/C=C\C/C=C\C/C=C\CCCCCCCCCCCCCCCCC(=O)OCC(COC(=O)CCCCCCCC)OC(=O)CCCCCCCCCCCCCCCCCCCCC. The van der Waals surface area contributed by atoms with Crippen LogP contribution < -0.4 is 0 Å². The molecule has 0 N–H and O–H groups in total. The highest BCUT2D eigenvalue weighted by molar-refractivity contribution is 5.71. The van der Waals surface area contributed by atoms with Crippen molar-refractivity contribution in [2.75, 3.05) is 13.2 Å². The molecule has 6 nitrogen and oxygen atoms in total. The molecule has 0 aromatic heterocycles. The molecule has 6 heteroatoms. The minimum atomic E-state index is -0.769. The summed E-state index contributed by atoms with van der Waals surface area (Å²) < 4.78 is 16.8. The summed E-state index contributed by atoms with van der Waals surface area (Å²) in [7, 11) is 0. The highest BCUT2D eigenvalue weighted by Gasteiger charge is 2.19. The van der Waals surface area contributed by atoms with Crippen molar-refractivity contribution in [3.63, 3.8) is 0 Å². The van der Waals surface area contributed by atoms with Gasteiger partial charge >= 0.3 is 17.9 Å². The summed E-state index contributed by atoms with van der Waals surface area (Å²) in [5, 5.41) is 0. The number of esters is 3. The van der Waals surface area contributed by atoms with Crippen LogP contribution in [0.5, 0.6) is 0 Å². The zero-order valence-corrected chi connectivity index (χ0v) is 50.5. The molecule has 1 atom stereocenters. The zero-order valence-electron chi connectivity index (χ0n) is 50.5. The first kappa shape index (κ1) is 72.8. The molecule has 0 aliphatic rings. The Labute approximate surface area is 472 Å². The lowest BCUT2D eigenvalue weighted by molar-refractivity contribution is -0.167. The molecule has 0 aliphatic carbocycles. The van der Waals surface area contributed by atoms with Gasteiger partial charge in [0.1, 0.15) is 13.2 Å². The van der Waals surface area contributed by atoms with Crippen molar-refractivity contribution in [2.24, 2.45) is 0 Å². The van der Waals surface area contributed by atoms with Crippen LogP contribution in [0.4, 0.5) is 0 Å². The topological polar surface area (TPSA) is 78.9 Å². The van der Waals surface area contributed by atoms with Crippen molar-refractivity contribution >= 4 is 17.9 Å². The van der Waals surface area contributed by atoms with Gasteiger partial charge in [-0.3, -0.25) is 14.4 Å². The van der Waals surface area contributed by atoms with Crippen molar-refractivity contribution in [3.8, 4) is 0 Å². The quantitative estimate of drug-likeness (QED) is 0.0261. The molecule has 76 heavy (non-hydrogen) atoms. The molecule has 0 aromatic carbocycles. The summed E-state index contributed by atoms with van der Waals surface area (Å²) in [6.07, 6.45) is 83.9. The first-order valence-electron chi connectivity index (χ1n) is 32.9. The third-order valence-corrected chi connectivity index (χ3v) is 14.5. The Morgan fingerprint density at radius 3 is 0.803 bits per heavy atom. The van der Waals surface area contributed by atoms with Gasteiger partial charge in [0.05, 0.1) is 0 Å².